The summed E-state index contributed by atoms with van der Waals surface area (Å²) in [5, 5.41) is 1.54. The summed E-state index contributed by atoms with van der Waals surface area (Å²) in [5.74, 6) is 0.782. The Bertz CT molecular complexity index is 634. The minimum absolute atomic E-state index is 0.203. The lowest BCUT2D eigenvalue weighted by Gasteiger charge is -2.18. The number of hydrogen-bond donors (Lipinski definition) is 1. The standard InChI is InChI=1S/C13H15Cl2N5S/c1-3-20(4-2)12-17-11(16)18-13(19-12)21-8-5-6-9(14)10(15)7-8/h5-7H,3-4H2,1-2H3,(H2,16,17,18,19). The molecule has 0 unspecified atom stereocenters. The fraction of sp³-hybridized carbons (Fsp3) is 0.308. The minimum atomic E-state index is 0.203. The van der Waals surface area contributed by atoms with Gasteiger partial charge in [0.1, 0.15) is 0 Å². The number of hydrogen-bond acceptors (Lipinski definition) is 6. The molecule has 1 aromatic heterocycles. The van der Waals surface area contributed by atoms with E-state index in [9.17, 15) is 0 Å². The van der Waals surface area contributed by atoms with Gasteiger partial charge in [-0.05, 0) is 43.8 Å². The maximum absolute atomic E-state index is 6.01. The molecule has 2 rings (SSSR count). The first-order valence-corrected chi connectivity index (χ1v) is 8.00. The van der Waals surface area contributed by atoms with E-state index in [2.05, 4.69) is 15.0 Å². The van der Waals surface area contributed by atoms with Crippen LogP contribution in [0.25, 0.3) is 0 Å². The monoisotopic (exact) mass is 343 g/mol. The first kappa shape index (κ1) is 16.1. The molecule has 0 aliphatic carbocycles. The van der Waals surface area contributed by atoms with Crippen LogP contribution in [0, 0.1) is 0 Å². The number of nitrogens with zero attached hydrogens (tertiary/aromatic N) is 4. The van der Waals surface area contributed by atoms with Crippen molar-refractivity contribution in [2.75, 3.05) is 23.7 Å². The van der Waals surface area contributed by atoms with E-state index in [4.69, 9.17) is 28.9 Å². The van der Waals surface area contributed by atoms with Crippen LogP contribution >= 0.6 is 35.0 Å². The van der Waals surface area contributed by atoms with Gasteiger partial charge in [0.05, 0.1) is 10.0 Å². The van der Waals surface area contributed by atoms with Crippen molar-refractivity contribution in [1.82, 2.24) is 15.0 Å². The molecule has 112 valence electrons. The maximum atomic E-state index is 6.01. The maximum Gasteiger partial charge on any atom is 0.231 e. The average molecular weight is 344 g/mol. The van der Waals surface area contributed by atoms with Crippen LogP contribution in [0.5, 0.6) is 0 Å². The fourth-order valence-corrected chi connectivity index (χ4v) is 2.85. The number of rotatable bonds is 5. The van der Waals surface area contributed by atoms with E-state index >= 15 is 0 Å². The van der Waals surface area contributed by atoms with Crippen molar-refractivity contribution in [3.63, 3.8) is 0 Å². The molecule has 1 heterocycles. The van der Waals surface area contributed by atoms with Gasteiger partial charge in [-0.25, -0.2) is 0 Å². The highest BCUT2D eigenvalue weighted by atomic mass is 35.5. The highest BCUT2D eigenvalue weighted by Crippen LogP contribution is 2.31. The van der Waals surface area contributed by atoms with Gasteiger partial charge in [-0.3, -0.25) is 0 Å². The summed E-state index contributed by atoms with van der Waals surface area (Å²) in [6, 6.07) is 5.36. The van der Waals surface area contributed by atoms with Gasteiger partial charge in [-0.15, -0.1) is 0 Å². The zero-order valence-electron chi connectivity index (χ0n) is 11.7. The Morgan fingerprint density at radius 3 is 2.43 bits per heavy atom. The molecule has 2 aromatic rings. The Labute approximate surface area is 137 Å². The van der Waals surface area contributed by atoms with Crippen molar-refractivity contribution >= 4 is 46.9 Å². The molecule has 0 aliphatic rings. The molecule has 0 amide bonds. The molecule has 1 aromatic carbocycles. The van der Waals surface area contributed by atoms with Crippen LogP contribution in [0.4, 0.5) is 11.9 Å². The third-order valence-corrected chi connectivity index (χ3v) is 4.36. The lowest BCUT2D eigenvalue weighted by Crippen LogP contribution is -2.25. The highest BCUT2D eigenvalue weighted by molar-refractivity contribution is 7.99. The summed E-state index contributed by atoms with van der Waals surface area (Å²) < 4.78 is 0. The number of benzene rings is 1. The summed E-state index contributed by atoms with van der Waals surface area (Å²) in [6.07, 6.45) is 0. The molecule has 0 bridgehead atoms. The van der Waals surface area contributed by atoms with Crippen molar-refractivity contribution in [3.05, 3.63) is 28.2 Å². The molecule has 21 heavy (non-hydrogen) atoms. The number of aromatic nitrogens is 3. The van der Waals surface area contributed by atoms with E-state index in [0.717, 1.165) is 18.0 Å². The smallest absolute Gasteiger partial charge is 0.231 e. The molecular weight excluding hydrogens is 329 g/mol. The van der Waals surface area contributed by atoms with Crippen molar-refractivity contribution < 1.29 is 0 Å². The summed E-state index contributed by atoms with van der Waals surface area (Å²) in [4.78, 5) is 15.7. The molecule has 0 radical (unpaired) electrons. The Hall–Kier alpha value is -1.24. The molecule has 0 spiro atoms. The summed E-state index contributed by atoms with van der Waals surface area (Å²) in [5.41, 5.74) is 5.76. The largest absolute Gasteiger partial charge is 0.368 e. The van der Waals surface area contributed by atoms with Gasteiger partial charge in [0.15, 0.2) is 5.16 Å². The normalized spacial score (nSPS) is 10.7. The first-order valence-electron chi connectivity index (χ1n) is 6.42. The molecule has 0 saturated heterocycles. The van der Waals surface area contributed by atoms with E-state index < -0.39 is 0 Å². The van der Waals surface area contributed by atoms with Crippen LogP contribution < -0.4 is 10.6 Å². The second kappa shape index (κ2) is 7.15. The quantitative estimate of drug-likeness (QED) is 0.891. The van der Waals surface area contributed by atoms with Crippen molar-refractivity contribution in [2.24, 2.45) is 0 Å². The van der Waals surface area contributed by atoms with Crippen LogP contribution in [-0.4, -0.2) is 28.0 Å². The lowest BCUT2D eigenvalue weighted by molar-refractivity contribution is 0.787. The second-order valence-electron chi connectivity index (χ2n) is 4.13. The Kier molecular flexibility index (Phi) is 5.50. The van der Waals surface area contributed by atoms with E-state index in [1.807, 2.05) is 24.8 Å². The van der Waals surface area contributed by atoms with E-state index in [-0.39, 0.29) is 5.95 Å². The van der Waals surface area contributed by atoms with Crippen molar-refractivity contribution in [2.45, 2.75) is 23.9 Å². The zero-order chi connectivity index (χ0) is 15.4. The SMILES string of the molecule is CCN(CC)c1nc(N)nc(Sc2ccc(Cl)c(Cl)c2)n1. The predicted octanol–water partition coefficient (Wildman–Crippen LogP) is 3.76. The number of anilines is 2. The second-order valence-corrected chi connectivity index (χ2v) is 5.98. The third kappa shape index (κ3) is 4.12. The molecule has 0 atom stereocenters. The lowest BCUT2D eigenvalue weighted by atomic mass is 10.4. The van der Waals surface area contributed by atoms with Gasteiger partial charge >= 0.3 is 0 Å². The average Bonchev–Trinajstić information content (AvgIpc) is 2.44. The molecule has 0 fully saturated rings. The summed E-state index contributed by atoms with van der Waals surface area (Å²) >= 11 is 13.3. The molecular formula is C13H15Cl2N5S. The van der Waals surface area contributed by atoms with E-state index in [0.29, 0.717) is 21.2 Å². The number of nitrogens with two attached hydrogens (primary N) is 1. The number of halogens is 2. The molecule has 5 nitrogen and oxygen atoms in total. The van der Waals surface area contributed by atoms with Crippen LogP contribution in [0.1, 0.15) is 13.8 Å². The van der Waals surface area contributed by atoms with E-state index in [1.165, 1.54) is 11.8 Å². The first-order chi connectivity index (χ1) is 10.0. The third-order valence-electron chi connectivity index (χ3n) is 2.77. The van der Waals surface area contributed by atoms with Gasteiger partial charge in [0.25, 0.3) is 0 Å². The zero-order valence-corrected chi connectivity index (χ0v) is 14.0. The Morgan fingerprint density at radius 1 is 1.10 bits per heavy atom. The van der Waals surface area contributed by atoms with Gasteiger partial charge in [0.2, 0.25) is 11.9 Å². The van der Waals surface area contributed by atoms with Crippen LogP contribution in [0.2, 0.25) is 10.0 Å². The van der Waals surface area contributed by atoms with Crippen molar-refractivity contribution in [3.8, 4) is 0 Å². The molecule has 0 saturated carbocycles. The van der Waals surface area contributed by atoms with Crippen LogP contribution in [-0.2, 0) is 0 Å². The van der Waals surface area contributed by atoms with Crippen LogP contribution in [0.3, 0.4) is 0 Å². The van der Waals surface area contributed by atoms with Gasteiger partial charge < -0.3 is 10.6 Å². The van der Waals surface area contributed by atoms with Crippen molar-refractivity contribution in [1.29, 1.82) is 0 Å². The van der Waals surface area contributed by atoms with E-state index in [1.54, 1.807) is 12.1 Å². The van der Waals surface area contributed by atoms with Gasteiger partial charge in [0, 0.05) is 18.0 Å². The van der Waals surface area contributed by atoms with Gasteiger partial charge in [-0.2, -0.15) is 15.0 Å². The predicted molar refractivity (Wildman–Crippen MR) is 88.4 cm³/mol. The highest BCUT2D eigenvalue weighted by Gasteiger charge is 2.11. The number of nitrogen functional groups attached to an aromatic ring is 1. The minimum Gasteiger partial charge on any atom is -0.368 e. The van der Waals surface area contributed by atoms with Crippen LogP contribution in [0.15, 0.2) is 28.3 Å². The summed E-state index contributed by atoms with van der Waals surface area (Å²) in [7, 11) is 0. The fourth-order valence-electron chi connectivity index (χ4n) is 1.70. The molecule has 0 aliphatic heterocycles. The molecule has 8 heteroatoms. The Balaban J connectivity index is 2.29. The molecule has 2 N–H and O–H groups in total. The Morgan fingerprint density at radius 2 is 1.81 bits per heavy atom. The topological polar surface area (TPSA) is 67.9 Å². The van der Waals surface area contributed by atoms with Gasteiger partial charge in [-0.1, -0.05) is 23.2 Å². The summed E-state index contributed by atoms with van der Waals surface area (Å²) in [6.45, 7) is 5.68.